The van der Waals surface area contributed by atoms with E-state index in [-0.39, 0.29) is 11.3 Å². The van der Waals surface area contributed by atoms with E-state index in [1.807, 2.05) is 0 Å². The molecule has 22 heavy (non-hydrogen) atoms. The summed E-state index contributed by atoms with van der Waals surface area (Å²) in [5.41, 5.74) is -0.513. The molecule has 1 aromatic rings. The molecule has 0 aliphatic heterocycles. The third-order valence-corrected chi connectivity index (χ3v) is 2.89. The second kappa shape index (κ2) is 6.76. The lowest BCUT2D eigenvalue weighted by Gasteiger charge is -2.23. The molecule has 0 spiro atoms. The minimum atomic E-state index is -4.82. The van der Waals surface area contributed by atoms with Gasteiger partial charge >= 0.3 is 12.5 Å². The van der Waals surface area contributed by atoms with Crippen LogP contribution in [0.4, 0.5) is 18.0 Å². The Kier molecular flexibility index (Phi) is 5.72. The van der Waals surface area contributed by atoms with Gasteiger partial charge in [0.1, 0.15) is 11.4 Å². The number of amides is 1. The van der Waals surface area contributed by atoms with Gasteiger partial charge in [-0.15, -0.1) is 13.2 Å². The molecule has 0 aromatic heterocycles. The van der Waals surface area contributed by atoms with E-state index < -0.39 is 24.1 Å². The topological polar surface area (TPSA) is 47.6 Å². The lowest BCUT2D eigenvalue weighted by atomic mass is 10.1. The molecule has 0 aliphatic carbocycles. The highest BCUT2D eigenvalue weighted by molar-refractivity contribution is 9.10. The van der Waals surface area contributed by atoms with Crippen LogP contribution >= 0.6 is 15.9 Å². The summed E-state index contributed by atoms with van der Waals surface area (Å²) in [6.07, 6.45) is -5.54. The van der Waals surface area contributed by atoms with Crippen LogP contribution in [-0.4, -0.2) is 18.1 Å². The molecule has 124 valence electrons. The number of carbonyl (C=O) groups is 1. The van der Waals surface area contributed by atoms with Crippen molar-refractivity contribution in [1.29, 1.82) is 0 Å². The number of ether oxygens (including phenoxy) is 2. The lowest BCUT2D eigenvalue weighted by Crippen LogP contribution is -2.34. The molecule has 1 atom stereocenters. The van der Waals surface area contributed by atoms with Gasteiger partial charge in [-0.3, -0.25) is 0 Å². The molecule has 1 aromatic carbocycles. The van der Waals surface area contributed by atoms with E-state index in [0.717, 1.165) is 0 Å². The number of rotatable bonds is 3. The van der Waals surface area contributed by atoms with Crippen molar-refractivity contribution >= 4 is 22.0 Å². The van der Waals surface area contributed by atoms with Crippen LogP contribution in [0.2, 0.25) is 0 Å². The summed E-state index contributed by atoms with van der Waals surface area (Å²) in [6, 6.07) is 3.47. The van der Waals surface area contributed by atoms with Crippen molar-refractivity contribution in [2.45, 2.75) is 45.7 Å². The normalized spacial score (nSPS) is 13.5. The molecule has 0 bridgehead atoms. The molecule has 1 unspecified atom stereocenters. The number of alkyl halides is 3. The van der Waals surface area contributed by atoms with Gasteiger partial charge in [0.2, 0.25) is 0 Å². The molecule has 1 N–H and O–H groups in total. The fourth-order valence-electron chi connectivity index (χ4n) is 1.64. The second-order valence-corrected chi connectivity index (χ2v) is 6.51. The zero-order valence-corrected chi connectivity index (χ0v) is 14.1. The number of alkyl carbamates (subject to hydrolysis) is 1. The molecule has 0 saturated heterocycles. The van der Waals surface area contributed by atoms with Crippen molar-refractivity contribution in [3.63, 3.8) is 0 Å². The molecule has 8 heteroatoms. The summed E-state index contributed by atoms with van der Waals surface area (Å²) in [6.45, 7) is 6.61. The standard InChI is InChI=1S/C14H17BrF3NO3/c1-8(19-12(20)22-13(2,3)4)10-6-5-9(15)7-11(10)21-14(16,17)18/h5-8H,1-4H3,(H,19,20). The fourth-order valence-corrected chi connectivity index (χ4v) is 1.98. The third kappa shape index (κ3) is 6.55. The first kappa shape index (κ1) is 18.6. The summed E-state index contributed by atoms with van der Waals surface area (Å²) in [4.78, 5) is 11.7. The monoisotopic (exact) mass is 383 g/mol. The van der Waals surface area contributed by atoms with Crippen LogP contribution < -0.4 is 10.1 Å². The van der Waals surface area contributed by atoms with Gasteiger partial charge in [-0.1, -0.05) is 22.0 Å². The first-order chi connectivity index (χ1) is 9.87. The molecule has 4 nitrogen and oxygen atoms in total. The van der Waals surface area contributed by atoms with Gasteiger partial charge in [0.25, 0.3) is 0 Å². The minimum absolute atomic E-state index is 0.186. The Hall–Kier alpha value is -1.44. The molecular formula is C14H17BrF3NO3. The molecular weight excluding hydrogens is 367 g/mol. The van der Waals surface area contributed by atoms with E-state index in [2.05, 4.69) is 26.0 Å². The smallest absolute Gasteiger partial charge is 0.444 e. The van der Waals surface area contributed by atoms with Gasteiger partial charge in [0, 0.05) is 10.0 Å². The number of halogens is 4. The van der Waals surface area contributed by atoms with Crippen molar-refractivity contribution in [3.8, 4) is 5.75 Å². The van der Waals surface area contributed by atoms with Gasteiger partial charge in [0.15, 0.2) is 0 Å². The Labute approximate surface area is 135 Å². The van der Waals surface area contributed by atoms with Gasteiger partial charge in [0.05, 0.1) is 6.04 Å². The summed E-state index contributed by atoms with van der Waals surface area (Å²) in [7, 11) is 0. The summed E-state index contributed by atoms with van der Waals surface area (Å²) >= 11 is 3.08. The maximum atomic E-state index is 12.5. The Morgan fingerprint density at radius 2 is 1.86 bits per heavy atom. The summed E-state index contributed by atoms with van der Waals surface area (Å²) in [5.74, 6) is -0.384. The van der Waals surface area contributed by atoms with E-state index in [0.29, 0.717) is 4.47 Å². The average molecular weight is 384 g/mol. The molecule has 1 amide bonds. The van der Waals surface area contributed by atoms with Gasteiger partial charge < -0.3 is 14.8 Å². The SMILES string of the molecule is CC(NC(=O)OC(C)(C)C)c1ccc(Br)cc1OC(F)(F)F. The predicted molar refractivity (Wildman–Crippen MR) is 78.6 cm³/mol. The lowest BCUT2D eigenvalue weighted by molar-refractivity contribution is -0.275. The van der Waals surface area contributed by atoms with Crippen LogP contribution in [-0.2, 0) is 4.74 Å². The Morgan fingerprint density at radius 1 is 1.27 bits per heavy atom. The van der Waals surface area contributed by atoms with Crippen molar-refractivity contribution in [3.05, 3.63) is 28.2 Å². The van der Waals surface area contributed by atoms with Crippen LogP contribution in [0.1, 0.15) is 39.3 Å². The average Bonchev–Trinajstić information content (AvgIpc) is 2.23. The van der Waals surface area contributed by atoms with E-state index in [1.54, 1.807) is 26.8 Å². The minimum Gasteiger partial charge on any atom is -0.444 e. The van der Waals surface area contributed by atoms with Crippen LogP contribution in [0, 0.1) is 0 Å². The largest absolute Gasteiger partial charge is 0.573 e. The summed E-state index contributed by atoms with van der Waals surface area (Å²) < 4.78 is 46.9. The van der Waals surface area contributed by atoms with Gasteiger partial charge in [-0.25, -0.2) is 4.79 Å². The van der Waals surface area contributed by atoms with E-state index in [4.69, 9.17) is 4.74 Å². The van der Waals surface area contributed by atoms with Crippen molar-refractivity contribution in [1.82, 2.24) is 5.32 Å². The number of benzene rings is 1. The zero-order valence-electron chi connectivity index (χ0n) is 12.5. The van der Waals surface area contributed by atoms with Crippen molar-refractivity contribution in [2.24, 2.45) is 0 Å². The summed E-state index contributed by atoms with van der Waals surface area (Å²) in [5, 5.41) is 2.47. The highest BCUT2D eigenvalue weighted by Gasteiger charge is 2.33. The van der Waals surface area contributed by atoms with Crippen LogP contribution in [0.25, 0.3) is 0 Å². The van der Waals surface area contributed by atoms with Crippen molar-refractivity contribution in [2.75, 3.05) is 0 Å². The zero-order chi connectivity index (χ0) is 17.1. The molecule has 0 heterocycles. The Balaban J connectivity index is 2.93. The highest BCUT2D eigenvalue weighted by atomic mass is 79.9. The van der Waals surface area contributed by atoms with E-state index in [9.17, 15) is 18.0 Å². The maximum absolute atomic E-state index is 12.5. The molecule has 0 aliphatic rings. The van der Waals surface area contributed by atoms with Crippen LogP contribution in [0.15, 0.2) is 22.7 Å². The first-order valence-corrected chi connectivity index (χ1v) is 7.21. The molecule has 0 fully saturated rings. The number of hydrogen-bond donors (Lipinski definition) is 1. The number of nitrogens with one attached hydrogen (secondary N) is 1. The van der Waals surface area contributed by atoms with Crippen molar-refractivity contribution < 1.29 is 27.4 Å². The second-order valence-electron chi connectivity index (χ2n) is 5.60. The van der Waals surface area contributed by atoms with Crippen LogP contribution in [0.3, 0.4) is 0 Å². The third-order valence-electron chi connectivity index (χ3n) is 2.40. The predicted octanol–water partition coefficient (Wildman–Crippen LogP) is 4.93. The number of hydrogen-bond acceptors (Lipinski definition) is 3. The molecule has 0 radical (unpaired) electrons. The van der Waals surface area contributed by atoms with E-state index >= 15 is 0 Å². The molecule has 1 rings (SSSR count). The maximum Gasteiger partial charge on any atom is 0.573 e. The fraction of sp³-hybridized carbons (Fsp3) is 0.500. The van der Waals surface area contributed by atoms with Gasteiger partial charge in [-0.2, -0.15) is 0 Å². The van der Waals surface area contributed by atoms with Crippen LogP contribution in [0.5, 0.6) is 5.75 Å². The van der Waals surface area contributed by atoms with Gasteiger partial charge in [-0.05, 0) is 39.8 Å². The first-order valence-electron chi connectivity index (χ1n) is 6.42. The Morgan fingerprint density at radius 3 is 2.36 bits per heavy atom. The molecule has 0 saturated carbocycles. The van der Waals surface area contributed by atoms with E-state index in [1.165, 1.54) is 19.1 Å². The highest BCUT2D eigenvalue weighted by Crippen LogP contribution is 2.33. The quantitative estimate of drug-likeness (QED) is 0.804. The number of carbonyl (C=O) groups excluding carboxylic acids is 1. The Bertz CT molecular complexity index is 541.